The van der Waals surface area contributed by atoms with Crippen LogP contribution < -0.4 is 5.32 Å². The van der Waals surface area contributed by atoms with Crippen molar-refractivity contribution in [3.8, 4) is 0 Å². The van der Waals surface area contributed by atoms with E-state index in [-0.39, 0.29) is 6.03 Å². The van der Waals surface area contributed by atoms with Crippen LogP contribution in [0.2, 0.25) is 0 Å². The van der Waals surface area contributed by atoms with E-state index in [0.717, 1.165) is 32.5 Å². The molecule has 2 amide bonds. The zero-order valence-electron chi connectivity index (χ0n) is 8.38. The van der Waals surface area contributed by atoms with Gasteiger partial charge in [-0.15, -0.1) is 0 Å². The Balaban J connectivity index is 2.26. The first-order chi connectivity index (χ1) is 6.27. The number of ether oxygens (including phenoxy) is 1. The topological polar surface area (TPSA) is 41.6 Å². The number of nitrogens with one attached hydrogen (secondary N) is 1. The molecule has 1 rings (SSSR count). The SMILES string of the molecule is CNC(=O)N1CCC(COC)CC1. The summed E-state index contributed by atoms with van der Waals surface area (Å²) < 4.78 is 5.08. The van der Waals surface area contributed by atoms with Gasteiger partial charge in [0.2, 0.25) is 0 Å². The number of amides is 2. The molecule has 0 radical (unpaired) electrons. The summed E-state index contributed by atoms with van der Waals surface area (Å²) in [7, 11) is 3.40. The molecule has 1 aliphatic heterocycles. The first-order valence-corrected chi connectivity index (χ1v) is 4.73. The number of nitrogens with zero attached hydrogens (tertiary/aromatic N) is 1. The second-order valence-electron chi connectivity index (χ2n) is 3.44. The van der Waals surface area contributed by atoms with Crippen molar-refractivity contribution in [2.45, 2.75) is 12.8 Å². The molecule has 0 atom stereocenters. The molecule has 1 N–H and O–H groups in total. The number of hydrogen-bond donors (Lipinski definition) is 1. The summed E-state index contributed by atoms with van der Waals surface area (Å²) in [6.45, 7) is 2.53. The molecule has 4 heteroatoms. The summed E-state index contributed by atoms with van der Waals surface area (Å²) in [6, 6.07) is 0.0378. The maximum atomic E-state index is 11.2. The van der Waals surface area contributed by atoms with E-state index in [1.54, 1.807) is 14.2 Å². The summed E-state index contributed by atoms with van der Waals surface area (Å²) in [4.78, 5) is 13.1. The van der Waals surface area contributed by atoms with Crippen LogP contribution in [0.25, 0.3) is 0 Å². The van der Waals surface area contributed by atoms with Crippen LogP contribution in [0.15, 0.2) is 0 Å². The van der Waals surface area contributed by atoms with Crippen molar-refractivity contribution in [1.82, 2.24) is 10.2 Å². The van der Waals surface area contributed by atoms with Gasteiger partial charge in [-0.3, -0.25) is 0 Å². The van der Waals surface area contributed by atoms with Crippen LogP contribution in [0.3, 0.4) is 0 Å². The number of carbonyl (C=O) groups is 1. The van der Waals surface area contributed by atoms with E-state index in [1.807, 2.05) is 4.90 Å². The van der Waals surface area contributed by atoms with Crippen molar-refractivity contribution in [2.75, 3.05) is 33.9 Å². The Labute approximate surface area is 79.2 Å². The summed E-state index contributed by atoms with van der Waals surface area (Å²) in [5.74, 6) is 0.630. The highest BCUT2D eigenvalue weighted by atomic mass is 16.5. The Morgan fingerprint density at radius 1 is 1.54 bits per heavy atom. The number of methoxy groups -OCH3 is 1. The smallest absolute Gasteiger partial charge is 0.317 e. The van der Waals surface area contributed by atoms with Crippen molar-refractivity contribution in [3.05, 3.63) is 0 Å². The number of carbonyl (C=O) groups excluding carboxylic acids is 1. The van der Waals surface area contributed by atoms with Crippen LogP contribution in [-0.2, 0) is 4.74 Å². The van der Waals surface area contributed by atoms with Gasteiger partial charge in [0, 0.05) is 33.9 Å². The monoisotopic (exact) mass is 186 g/mol. The van der Waals surface area contributed by atoms with Crippen molar-refractivity contribution >= 4 is 6.03 Å². The average Bonchev–Trinajstić information content (AvgIpc) is 2.18. The fourth-order valence-corrected chi connectivity index (χ4v) is 1.70. The lowest BCUT2D eigenvalue weighted by atomic mass is 9.98. The molecule has 0 bridgehead atoms. The molecule has 1 fully saturated rings. The van der Waals surface area contributed by atoms with Crippen molar-refractivity contribution in [2.24, 2.45) is 5.92 Å². The Morgan fingerprint density at radius 3 is 2.62 bits per heavy atom. The van der Waals surface area contributed by atoms with Crippen LogP contribution in [0, 0.1) is 5.92 Å². The highest BCUT2D eigenvalue weighted by molar-refractivity contribution is 5.73. The normalized spacial score (nSPS) is 18.8. The fraction of sp³-hybridized carbons (Fsp3) is 0.889. The average molecular weight is 186 g/mol. The van der Waals surface area contributed by atoms with Gasteiger partial charge in [-0.2, -0.15) is 0 Å². The number of urea groups is 1. The summed E-state index contributed by atoms with van der Waals surface area (Å²) >= 11 is 0. The predicted octanol–water partition coefficient (Wildman–Crippen LogP) is 0.684. The van der Waals surface area contributed by atoms with Gasteiger partial charge in [0.15, 0.2) is 0 Å². The van der Waals surface area contributed by atoms with E-state index in [4.69, 9.17) is 4.74 Å². The lowest BCUT2D eigenvalue weighted by Gasteiger charge is -2.31. The van der Waals surface area contributed by atoms with Crippen molar-refractivity contribution in [1.29, 1.82) is 0 Å². The molecule has 0 unspecified atom stereocenters. The standard InChI is InChI=1S/C9H18N2O2/c1-10-9(12)11-5-3-8(4-6-11)7-13-2/h8H,3-7H2,1-2H3,(H,10,12). The Kier molecular flexibility index (Phi) is 4.02. The molecule has 0 aromatic carbocycles. The molecule has 1 saturated heterocycles. The van der Waals surface area contributed by atoms with Gasteiger partial charge in [-0.05, 0) is 18.8 Å². The van der Waals surface area contributed by atoms with Gasteiger partial charge in [-0.25, -0.2) is 4.79 Å². The van der Waals surface area contributed by atoms with Gasteiger partial charge in [-0.1, -0.05) is 0 Å². The molecular formula is C9H18N2O2. The molecule has 1 heterocycles. The summed E-state index contributed by atoms with van der Waals surface area (Å²) in [5.41, 5.74) is 0. The third kappa shape index (κ3) is 2.88. The zero-order chi connectivity index (χ0) is 9.68. The van der Waals surface area contributed by atoms with Crippen LogP contribution in [0.4, 0.5) is 4.79 Å². The number of likely N-dealkylation sites (tertiary alicyclic amines) is 1. The molecule has 1 aliphatic rings. The van der Waals surface area contributed by atoms with Gasteiger partial charge in [0.05, 0.1) is 0 Å². The number of piperidine rings is 1. The minimum Gasteiger partial charge on any atom is -0.384 e. The fourth-order valence-electron chi connectivity index (χ4n) is 1.70. The first kappa shape index (κ1) is 10.3. The Morgan fingerprint density at radius 2 is 2.15 bits per heavy atom. The van der Waals surface area contributed by atoms with E-state index in [9.17, 15) is 4.79 Å². The second kappa shape index (κ2) is 5.07. The minimum absolute atomic E-state index is 0.0378. The molecule has 13 heavy (non-hydrogen) atoms. The van der Waals surface area contributed by atoms with Gasteiger partial charge < -0.3 is 15.0 Å². The Hall–Kier alpha value is -0.770. The molecule has 0 aliphatic carbocycles. The quantitative estimate of drug-likeness (QED) is 0.689. The lowest BCUT2D eigenvalue weighted by molar-refractivity contribution is 0.107. The summed E-state index contributed by atoms with van der Waals surface area (Å²) in [6.07, 6.45) is 2.11. The van der Waals surface area contributed by atoms with E-state index in [1.165, 1.54) is 0 Å². The number of hydrogen-bond acceptors (Lipinski definition) is 2. The lowest BCUT2D eigenvalue weighted by Crippen LogP contribution is -2.43. The largest absolute Gasteiger partial charge is 0.384 e. The summed E-state index contributed by atoms with van der Waals surface area (Å²) in [5, 5.41) is 2.64. The predicted molar refractivity (Wildman–Crippen MR) is 50.6 cm³/mol. The van der Waals surface area contributed by atoms with Crippen LogP contribution in [-0.4, -0.2) is 44.8 Å². The van der Waals surface area contributed by atoms with Gasteiger partial charge in [0.25, 0.3) is 0 Å². The molecule has 0 aromatic rings. The molecule has 0 spiro atoms. The Bertz CT molecular complexity index is 165. The maximum absolute atomic E-state index is 11.2. The van der Waals surface area contributed by atoms with E-state index in [0.29, 0.717) is 5.92 Å². The van der Waals surface area contributed by atoms with E-state index >= 15 is 0 Å². The highest BCUT2D eigenvalue weighted by Crippen LogP contribution is 2.16. The molecule has 0 saturated carbocycles. The third-order valence-electron chi connectivity index (χ3n) is 2.52. The third-order valence-corrected chi connectivity index (χ3v) is 2.52. The van der Waals surface area contributed by atoms with Crippen LogP contribution >= 0.6 is 0 Å². The molecule has 76 valence electrons. The van der Waals surface area contributed by atoms with Crippen molar-refractivity contribution in [3.63, 3.8) is 0 Å². The first-order valence-electron chi connectivity index (χ1n) is 4.73. The second-order valence-corrected chi connectivity index (χ2v) is 3.44. The highest BCUT2D eigenvalue weighted by Gasteiger charge is 2.21. The maximum Gasteiger partial charge on any atom is 0.317 e. The van der Waals surface area contributed by atoms with Gasteiger partial charge in [0.1, 0.15) is 0 Å². The van der Waals surface area contributed by atoms with Crippen LogP contribution in [0.5, 0.6) is 0 Å². The van der Waals surface area contributed by atoms with E-state index < -0.39 is 0 Å². The minimum atomic E-state index is 0.0378. The number of rotatable bonds is 2. The molecule has 0 aromatic heterocycles. The van der Waals surface area contributed by atoms with Crippen LogP contribution in [0.1, 0.15) is 12.8 Å². The zero-order valence-corrected chi connectivity index (χ0v) is 8.38. The molecule has 4 nitrogen and oxygen atoms in total. The molecular weight excluding hydrogens is 168 g/mol. The van der Waals surface area contributed by atoms with Crippen molar-refractivity contribution < 1.29 is 9.53 Å². The van der Waals surface area contributed by atoms with Gasteiger partial charge >= 0.3 is 6.03 Å². The van der Waals surface area contributed by atoms with E-state index in [2.05, 4.69) is 5.32 Å².